The van der Waals surface area contributed by atoms with Gasteiger partial charge in [0.25, 0.3) is 11.8 Å². The lowest BCUT2D eigenvalue weighted by Crippen LogP contribution is -2.17. The predicted octanol–water partition coefficient (Wildman–Crippen LogP) is 6.73. The molecule has 0 aliphatic heterocycles. The van der Waals surface area contributed by atoms with Gasteiger partial charge in [-0.25, -0.2) is 0 Å². The monoisotopic (exact) mass is 504 g/mol. The molecule has 0 aliphatic rings. The number of phenols is 1. The van der Waals surface area contributed by atoms with E-state index < -0.39 is 5.91 Å². The number of benzene rings is 5. The number of carbonyl (C=O) groups is 2. The summed E-state index contributed by atoms with van der Waals surface area (Å²) in [7, 11) is 3.02. The number of anilines is 1. The van der Waals surface area contributed by atoms with Crippen LogP contribution in [0.1, 0.15) is 20.7 Å². The van der Waals surface area contributed by atoms with E-state index in [4.69, 9.17) is 4.74 Å². The number of azo groups is 1. The van der Waals surface area contributed by atoms with E-state index in [1.54, 1.807) is 24.3 Å². The van der Waals surface area contributed by atoms with Gasteiger partial charge in [0.2, 0.25) is 0 Å². The van der Waals surface area contributed by atoms with E-state index in [1.807, 2.05) is 60.7 Å². The summed E-state index contributed by atoms with van der Waals surface area (Å²) in [5.41, 5.74) is 1.47. The minimum absolute atomic E-state index is 0.0525. The van der Waals surface area contributed by atoms with Crippen LogP contribution in [0.3, 0.4) is 0 Å². The van der Waals surface area contributed by atoms with Crippen molar-refractivity contribution in [2.75, 3.05) is 19.5 Å². The van der Waals surface area contributed by atoms with E-state index in [1.165, 1.54) is 20.2 Å². The molecule has 0 aromatic heterocycles. The van der Waals surface area contributed by atoms with Gasteiger partial charge in [-0.15, -0.1) is 10.2 Å². The van der Waals surface area contributed by atoms with Crippen molar-refractivity contribution in [2.24, 2.45) is 10.2 Å². The lowest BCUT2D eigenvalue weighted by molar-refractivity contribution is 0.0962. The van der Waals surface area contributed by atoms with Crippen LogP contribution in [0.5, 0.6) is 11.5 Å². The van der Waals surface area contributed by atoms with Crippen LogP contribution < -0.4 is 15.4 Å². The normalized spacial score (nSPS) is 11.1. The zero-order valence-corrected chi connectivity index (χ0v) is 20.7. The summed E-state index contributed by atoms with van der Waals surface area (Å²) >= 11 is 0. The second kappa shape index (κ2) is 10.4. The van der Waals surface area contributed by atoms with E-state index in [0.717, 1.165) is 10.8 Å². The van der Waals surface area contributed by atoms with Crippen molar-refractivity contribution in [3.8, 4) is 11.5 Å². The Balaban J connectivity index is 1.58. The highest BCUT2D eigenvalue weighted by Crippen LogP contribution is 2.41. The Morgan fingerprint density at radius 1 is 0.789 bits per heavy atom. The van der Waals surface area contributed by atoms with Crippen LogP contribution in [0.2, 0.25) is 0 Å². The first kappa shape index (κ1) is 24.5. The Kier molecular flexibility index (Phi) is 6.69. The molecule has 5 rings (SSSR count). The predicted molar refractivity (Wildman–Crippen MR) is 148 cm³/mol. The molecule has 0 heterocycles. The Labute approximate surface area is 218 Å². The molecule has 0 bridgehead atoms. The molecule has 188 valence electrons. The summed E-state index contributed by atoms with van der Waals surface area (Å²) < 4.78 is 5.37. The summed E-state index contributed by atoms with van der Waals surface area (Å²) in [6.07, 6.45) is 0. The number of methoxy groups -OCH3 is 1. The number of ether oxygens (including phenoxy) is 1. The highest BCUT2D eigenvalue weighted by molar-refractivity contribution is 6.14. The molecule has 5 aromatic rings. The summed E-state index contributed by atoms with van der Waals surface area (Å²) in [6, 6.07) is 27.0. The van der Waals surface area contributed by atoms with Crippen molar-refractivity contribution in [1.29, 1.82) is 0 Å². The molecule has 0 spiro atoms. The number of amides is 2. The third-order valence-corrected chi connectivity index (χ3v) is 6.20. The first-order valence-electron chi connectivity index (χ1n) is 11.9. The molecule has 3 N–H and O–H groups in total. The number of aromatic hydroxyl groups is 1. The third kappa shape index (κ3) is 4.62. The molecule has 38 heavy (non-hydrogen) atoms. The average molecular weight is 505 g/mol. The molecule has 2 amide bonds. The maximum absolute atomic E-state index is 13.4. The van der Waals surface area contributed by atoms with Crippen molar-refractivity contribution in [3.63, 3.8) is 0 Å². The van der Waals surface area contributed by atoms with E-state index in [-0.39, 0.29) is 22.9 Å². The molecule has 0 saturated carbocycles. The van der Waals surface area contributed by atoms with Gasteiger partial charge in [-0.2, -0.15) is 0 Å². The molecule has 5 aromatic carbocycles. The fourth-order valence-corrected chi connectivity index (χ4v) is 4.27. The first-order chi connectivity index (χ1) is 18.5. The standard InChI is InChI=1S/C30H24N4O4/c1-31-29(36)20-14-15-26(38-2)25(17-20)33-34-27-22-12-6-4-9-19(22)16-23(28(27)35)30(37)32-24-13-7-10-18-8-3-5-11-21(18)24/h3-17,35H,1-2H3,(H,31,36)(H,32,37). The van der Waals surface area contributed by atoms with Crippen molar-refractivity contribution in [3.05, 3.63) is 102 Å². The summed E-state index contributed by atoms with van der Waals surface area (Å²) in [5, 5.41) is 28.5. The van der Waals surface area contributed by atoms with Crippen LogP contribution in [-0.4, -0.2) is 31.1 Å². The average Bonchev–Trinajstić information content (AvgIpc) is 2.96. The first-order valence-corrected chi connectivity index (χ1v) is 11.9. The zero-order valence-electron chi connectivity index (χ0n) is 20.7. The highest BCUT2D eigenvalue weighted by Gasteiger charge is 2.19. The second-order valence-electron chi connectivity index (χ2n) is 8.49. The fourth-order valence-electron chi connectivity index (χ4n) is 4.27. The van der Waals surface area contributed by atoms with E-state index in [0.29, 0.717) is 33.5 Å². The molecule has 0 radical (unpaired) electrons. The van der Waals surface area contributed by atoms with E-state index in [2.05, 4.69) is 20.9 Å². The molecule has 8 heteroatoms. The Morgan fingerprint density at radius 2 is 1.50 bits per heavy atom. The van der Waals surface area contributed by atoms with E-state index in [9.17, 15) is 14.7 Å². The van der Waals surface area contributed by atoms with Gasteiger partial charge in [-0.05, 0) is 41.1 Å². The van der Waals surface area contributed by atoms with Gasteiger partial charge in [0.15, 0.2) is 5.75 Å². The van der Waals surface area contributed by atoms with Gasteiger partial charge >= 0.3 is 0 Å². The van der Waals surface area contributed by atoms with E-state index >= 15 is 0 Å². The minimum atomic E-state index is -0.486. The minimum Gasteiger partial charge on any atom is -0.505 e. The van der Waals surface area contributed by atoms with Gasteiger partial charge in [0.05, 0.1) is 12.7 Å². The smallest absolute Gasteiger partial charge is 0.259 e. The van der Waals surface area contributed by atoms with Gasteiger partial charge in [0.1, 0.15) is 17.1 Å². The topological polar surface area (TPSA) is 112 Å². The number of phenolic OH excluding ortho intramolecular Hbond substituents is 1. The molecular weight excluding hydrogens is 480 g/mol. The molecule has 0 fully saturated rings. The van der Waals surface area contributed by atoms with Crippen LogP contribution in [0.4, 0.5) is 17.1 Å². The van der Waals surface area contributed by atoms with Gasteiger partial charge in [-0.1, -0.05) is 60.7 Å². The molecule has 0 aliphatic carbocycles. The largest absolute Gasteiger partial charge is 0.505 e. The van der Waals surface area contributed by atoms with Crippen molar-refractivity contribution in [2.45, 2.75) is 0 Å². The fraction of sp³-hybridized carbons (Fsp3) is 0.0667. The number of fused-ring (bicyclic) bond motifs is 2. The highest BCUT2D eigenvalue weighted by atomic mass is 16.5. The quantitative estimate of drug-likeness (QED) is 0.222. The molecule has 0 atom stereocenters. The van der Waals surface area contributed by atoms with Crippen LogP contribution in [0.15, 0.2) is 101 Å². The van der Waals surface area contributed by atoms with Gasteiger partial charge < -0.3 is 20.5 Å². The number of hydrogen-bond acceptors (Lipinski definition) is 6. The Bertz CT molecular complexity index is 1720. The number of carbonyl (C=O) groups excluding carboxylic acids is 2. The van der Waals surface area contributed by atoms with Gasteiger partial charge in [-0.3, -0.25) is 9.59 Å². The van der Waals surface area contributed by atoms with Crippen molar-refractivity contribution in [1.82, 2.24) is 5.32 Å². The van der Waals surface area contributed by atoms with Crippen LogP contribution in [0, 0.1) is 0 Å². The lowest BCUT2D eigenvalue weighted by Gasteiger charge is -2.13. The summed E-state index contributed by atoms with van der Waals surface area (Å²) in [4.78, 5) is 25.5. The number of nitrogens with zero attached hydrogens (tertiary/aromatic N) is 2. The van der Waals surface area contributed by atoms with Crippen LogP contribution in [0.25, 0.3) is 21.5 Å². The molecule has 8 nitrogen and oxygen atoms in total. The zero-order chi connectivity index (χ0) is 26.6. The summed E-state index contributed by atoms with van der Waals surface area (Å²) in [6.45, 7) is 0. The maximum Gasteiger partial charge on any atom is 0.259 e. The van der Waals surface area contributed by atoms with Crippen LogP contribution >= 0.6 is 0 Å². The lowest BCUT2D eigenvalue weighted by atomic mass is 10.0. The maximum atomic E-state index is 13.4. The Hall–Kier alpha value is -5.24. The van der Waals surface area contributed by atoms with Crippen LogP contribution in [-0.2, 0) is 0 Å². The number of hydrogen-bond donors (Lipinski definition) is 3. The Morgan fingerprint density at radius 3 is 2.26 bits per heavy atom. The number of rotatable bonds is 6. The molecule has 0 unspecified atom stereocenters. The molecular formula is C30H24N4O4. The SMILES string of the molecule is CNC(=O)c1ccc(OC)c(N=Nc2c(O)c(C(=O)Nc3cccc4ccccc34)cc3ccccc23)c1. The molecule has 0 saturated heterocycles. The van der Waals surface area contributed by atoms with Crippen molar-refractivity contribution < 1.29 is 19.4 Å². The summed E-state index contributed by atoms with van der Waals surface area (Å²) in [5.74, 6) is -0.689. The third-order valence-electron chi connectivity index (χ3n) is 6.20. The number of nitrogens with one attached hydrogen (secondary N) is 2. The van der Waals surface area contributed by atoms with Crippen molar-refractivity contribution >= 4 is 50.4 Å². The van der Waals surface area contributed by atoms with Gasteiger partial charge in [0, 0.05) is 29.1 Å². The second-order valence-corrected chi connectivity index (χ2v) is 8.49.